The van der Waals surface area contributed by atoms with E-state index in [2.05, 4.69) is 24.9 Å². The second kappa shape index (κ2) is 4.91. The Morgan fingerprint density at radius 3 is 2.50 bits per heavy atom. The number of hydrogen-bond donors (Lipinski definition) is 2. The molecule has 1 fully saturated rings. The van der Waals surface area contributed by atoms with E-state index in [0.29, 0.717) is 11.5 Å². The minimum absolute atomic E-state index is 0.0210. The third kappa shape index (κ3) is 2.59. The van der Waals surface area contributed by atoms with Gasteiger partial charge in [-0.1, -0.05) is 6.42 Å². The molecule has 16 heavy (non-hydrogen) atoms. The van der Waals surface area contributed by atoms with E-state index in [0.717, 1.165) is 4.90 Å². The van der Waals surface area contributed by atoms with Crippen LogP contribution in [0.3, 0.4) is 0 Å². The summed E-state index contributed by atoms with van der Waals surface area (Å²) in [5.74, 6) is 0.695. The van der Waals surface area contributed by atoms with Crippen molar-refractivity contribution in [3.8, 4) is 0 Å². The van der Waals surface area contributed by atoms with Crippen LogP contribution < -0.4 is 5.32 Å². The van der Waals surface area contributed by atoms with Gasteiger partial charge in [0.2, 0.25) is 0 Å². The molecule has 1 saturated carbocycles. The van der Waals surface area contributed by atoms with E-state index in [-0.39, 0.29) is 11.9 Å². The lowest BCUT2D eigenvalue weighted by Gasteiger charge is -2.31. The molecule has 0 bridgehead atoms. The van der Waals surface area contributed by atoms with Gasteiger partial charge in [0.1, 0.15) is 0 Å². The van der Waals surface area contributed by atoms with Crippen LogP contribution in [0.1, 0.15) is 36.5 Å². The lowest BCUT2D eigenvalue weighted by Crippen LogP contribution is -2.40. The van der Waals surface area contributed by atoms with Gasteiger partial charge in [0.15, 0.2) is 0 Å². The first kappa shape index (κ1) is 11.5. The molecular weight excluding hydrogens is 218 g/mol. The number of hydrogen-bond acceptors (Lipinski definition) is 2. The topological polar surface area (TPSA) is 29.1 Å². The summed E-state index contributed by atoms with van der Waals surface area (Å²) < 4.78 is 0. The van der Waals surface area contributed by atoms with Gasteiger partial charge in [-0.15, -0.1) is 12.6 Å². The van der Waals surface area contributed by atoms with Crippen molar-refractivity contribution >= 4 is 18.5 Å². The fourth-order valence-electron chi connectivity index (χ4n) is 1.96. The maximum atomic E-state index is 11.9. The predicted octanol–water partition coefficient (Wildman–Crippen LogP) is 2.89. The average molecular weight is 235 g/mol. The maximum Gasteiger partial charge on any atom is 0.251 e. The highest BCUT2D eigenvalue weighted by Gasteiger charge is 2.25. The summed E-state index contributed by atoms with van der Waals surface area (Å²) in [6.45, 7) is 2.09. The van der Waals surface area contributed by atoms with E-state index < -0.39 is 0 Å². The summed E-state index contributed by atoms with van der Waals surface area (Å²) >= 11 is 4.20. The first-order valence-corrected chi connectivity index (χ1v) is 6.21. The molecule has 0 saturated heterocycles. The number of benzene rings is 1. The Hall–Kier alpha value is -0.960. The highest BCUT2D eigenvalue weighted by Crippen LogP contribution is 2.29. The maximum absolute atomic E-state index is 11.9. The van der Waals surface area contributed by atoms with E-state index >= 15 is 0 Å². The molecule has 2 nitrogen and oxygen atoms in total. The Kier molecular flexibility index (Phi) is 3.54. The van der Waals surface area contributed by atoms with Gasteiger partial charge in [-0.25, -0.2) is 0 Å². The van der Waals surface area contributed by atoms with Gasteiger partial charge in [-0.3, -0.25) is 4.79 Å². The lowest BCUT2D eigenvalue weighted by molar-refractivity contribution is 0.0909. The smallest absolute Gasteiger partial charge is 0.251 e. The van der Waals surface area contributed by atoms with E-state index in [9.17, 15) is 4.79 Å². The Morgan fingerprint density at radius 1 is 1.38 bits per heavy atom. The molecule has 0 heterocycles. The average Bonchev–Trinajstić information content (AvgIpc) is 2.15. The van der Waals surface area contributed by atoms with Crippen LogP contribution in [0.15, 0.2) is 29.2 Å². The van der Waals surface area contributed by atoms with Crippen molar-refractivity contribution in [3.05, 3.63) is 29.8 Å². The molecule has 0 aliphatic heterocycles. The number of carbonyl (C=O) groups excluding carboxylic acids is 1. The van der Waals surface area contributed by atoms with Crippen LogP contribution in [0.2, 0.25) is 0 Å². The number of amides is 1. The van der Waals surface area contributed by atoms with Crippen molar-refractivity contribution in [2.45, 2.75) is 37.1 Å². The largest absolute Gasteiger partial charge is 0.349 e. The first-order chi connectivity index (χ1) is 7.66. The molecule has 1 amide bonds. The van der Waals surface area contributed by atoms with Crippen molar-refractivity contribution in [1.29, 1.82) is 0 Å². The van der Waals surface area contributed by atoms with Crippen molar-refractivity contribution in [3.63, 3.8) is 0 Å². The van der Waals surface area contributed by atoms with Gasteiger partial charge in [-0.2, -0.15) is 0 Å². The van der Waals surface area contributed by atoms with Gasteiger partial charge in [0.05, 0.1) is 0 Å². The van der Waals surface area contributed by atoms with Crippen molar-refractivity contribution in [2.75, 3.05) is 0 Å². The molecule has 0 radical (unpaired) electrons. The minimum atomic E-state index is 0.0210. The summed E-state index contributed by atoms with van der Waals surface area (Å²) in [5, 5.41) is 3.05. The zero-order valence-electron chi connectivity index (χ0n) is 9.44. The van der Waals surface area contributed by atoms with E-state index in [4.69, 9.17) is 0 Å². The van der Waals surface area contributed by atoms with Gasteiger partial charge in [-0.05, 0) is 49.9 Å². The number of thiol groups is 1. The monoisotopic (exact) mass is 235 g/mol. The molecule has 3 heteroatoms. The minimum Gasteiger partial charge on any atom is -0.349 e. The van der Waals surface area contributed by atoms with Crippen LogP contribution in [0.5, 0.6) is 0 Å². The molecule has 2 rings (SSSR count). The quantitative estimate of drug-likeness (QED) is 0.775. The highest BCUT2D eigenvalue weighted by atomic mass is 32.1. The molecule has 1 aliphatic rings. The highest BCUT2D eigenvalue weighted by molar-refractivity contribution is 7.80. The molecule has 1 aliphatic carbocycles. The van der Waals surface area contributed by atoms with Crippen molar-refractivity contribution in [1.82, 2.24) is 5.32 Å². The van der Waals surface area contributed by atoms with Gasteiger partial charge in [0, 0.05) is 16.5 Å². The second-order valence-corrected chi connectivity index (χ2v) is 5.02. The normalized spacial score (nSPS) is 17.6. The lowest BCUT2D eigenvalue weighted by atomic mass is 9.80. The number of nitrogens with one attached hydrogen (secondary N) is 1. The number of carbonyl (C=O) groups is 1. The molecule has 86 valence electrons. The zero-order valence-corrected chi connectivity index (χ0v) is 10.3. The Balaban J connectivity index is 1.94. The van der Waals surface area contributed by atoms with Gasteiger partial charge < -0.3 is 5.32 Å². The third-order valence-electron chi connectivity index (χ3n) is 3.35. The predicted molar refractivity (Wildman–Crippen MR) is 68.0 cm³/mol. The van der Waals surface area contributed by atoms with Crippen LogP contribution >= 0.6 is 12.6 Å². The Morgan fingerprint density at radius 2 is 2.00 bits per heavy atom. The van der Waals surface area contributed by atoms with Crippen LogP contribution in [0, 0.1) is 5.92 Å². The molecule has 1 aromatic rings. The molecular formula is C13H17NOS. The Labute approximate surface area is 102 Å². The van der Waals surface area contributed by atoms with Crippen molar-refractivity contribution < 1.29 is 4.79 Å². The van der Waals surface area contributed by atoms with E-state index in [1.165, 1.54) is 19.3 Å². The Bertz CT molecular complexity index is 370. The first-order valence-electron chi connectivity index (χ1n) is 5.76. The summed E-state index contributed by atoms with van der Waals surface area (Å²) in [6.07, 6.45) is 3.80. The van der Waals surface area contributed by atoms with Gasteiger partial charge in [0.25, 0.3) is 5.91 Å². The SMILES string of the molecule is CC(NC(=O)c1ccc(S)cc1)C1CCC1. The van der Waals surface area contributed by atoms with Crippen molar-refractivity contribution in [2.24, 2.45) is 5.92 Å². The standard InChI is InChI=1S/C13H17NOS/c1-9(10-3-2-4-10)14-13(15)11-5-7-12(16)8-6-11/h5-10,16H,2-4H2,1H3,(H,14,15). The second-order valence-electron chi connectivity index (χ2n) is 4.50. The fraction of sp³-hybridized carbons (Fsp3) is 0.462. The summed E-state index contributed by atoms with van der Waals surface area (Å²) in [6, 6.07) is 7.59. The van der Waals surface area contributed by atoms with Crippen LogP contribution in [-0.2, 0) is 0 Å². The molecule has 1 aromatic carbocycles. The summed E-state index contributed by atoms with van der Waals surface area (Å²) in [7, 11) is 0. The summed E-state index contributed by atoms with van der Waals surface area (Å²) in [4.78, 5) is 12.8. The fourth-order valence-corrected chi connectivity index (χ4v) is 2.11. The number of rotatable bonds is 3. The van der Waals surface area contributed by atoms with Crippen LogP contribution in [-0.4, -0.2) is 11.9 Å². The van der Waals surface area contributed by atoms with Gasteiger partial charge >= 0.3 is 0 Å². The van der Waals surface area contributed by atoms with E-state index in [1.54, 1.807) is 0 Å². The van der Waals surface area contributed by atoms with Crippen LogP contribution in [0.25, 0.3) is 0 Å². The molecule has 1 atom stereocenters. The zero-order chi connectivity index (χ0) is 11.5. The molecule has 1 N–H and O–H groups in total. The molecule has 0 aromatic heterocycles. The third-order valence-corrected chi connectivity index (χ3v) is 3.64. The molecule has 0 spiro atoms. The van der Waals surface area contributed by atoms with E-state index in [1.807, 2.05) is 24.3 Å². The summed E-state index contributed by atoms with van der Waals surface area (Å²) in [5.41, 5.74) is 0.712. The molecule has 1 unspecified atom stereocenters. The van der Waals surface area contributed by atoms with Crippen LogP contribution in [0.4, 0.5) is 0 Å².